The lowest BCUT2D eigenvalue weighted by Crippen LogP contribution is -2.34. The van der Waals surface area contributed by atoms with E-state index in [1.54, 1.807) is 20.0 Å². The fourth-order valence-electron chi connectivity index (χ4n) is 1.50. The van der Waals surface area contributed by atoms with Gasteiger partial charge in [0, 0.05) is 5.69 Å². The highest BCUT2D eigenvalue weighted by molar-refractivity contribution is 5.93. The van der Waals surface area contributed by atoms with Crippen molar-refractivity contribution in [2.45, 2.75) is 6.92 Å². The molecule has 0 fully saturated rings. The summed E-state index contributed by atoms with van der Waals surface area (Å²) in [6.45, 7) is 1.81. The second-order valence-corrected chi connectivity index (χ2v) is 4.26. The van der Waals surface area contributed by atoms with Crippen molar-refractivity contribution in [3.8, 4) is 0 Å². The molecule has 0 bridgehead atoms. The number of aryl methyl sites for hydroxylation is 1. The summed E-state index contributed by atoms with van der Waals surface area (Å²) in [4.78, 5) is 24.3. The van der Waals surface area contributed by atoms with Crippen LogP contribution in [0, 0.1) is 12.7 Å². The van der Waals surface area contributed by atoms with Crippen molar-refractivity contribution in [2.75, 3.05) is 32.6 Å². The SMILES string of the molecule is COC(=O)CN(C)CC(=O)Nc1cc(F)ccc1C. The Hall–Kier alpha value is -1.95. The third kappa shape index (κ3) is 5.05. The Morgan fingerprint density at radius 2 is 2.05 bits per heavy atom. The molecule has 1 aromatic rings. The maximum Gasteiger partial charge on any atom is 0.319 e. The molecule has 0 spiro atoms. The zero-order valence-electron chi connectivity index (χ0n) is 11.2. The van der Waals surface area contributed by atoms with Gasteiger partial charge < -0.3 is 10.1 Å². The molecule has 0 heterocycles. The Balaban J connectivity index is 2.55. The zero-order chi connectivity index (χ0) is 14.4. The number of hydrogen-bond acceptors (Lipinski definition) is 4. The molecule has 1 rings (SSSR count). The minimum absolute atomic E-state index is 0.0189. The molecule has 0 atom stereocenters. The first-order chi connectivity index (χ1) is 8.92. The van der Waals surface area contributed by atoms with Gasteiger partial charge in [0.15, 0.2) is 0 Å². The van der Waals surface area contributed by atoms with Crippen LogP contribution in [0.4, 0.5) is 10.1 Å². The molecule has 0 unspecified atom stereocenters. The van der Waals surface area contributed by atoms with E-state index in [1.165, 1.54) is 24.1 Å². The zero-order valence-corrected chi connectivity index (χ0v) is 11.2. The number of hydrogen-bond donors (Lipinski definition) is 1. The van der Waals surface area contributed by atoms with E-state index in [4.69, 9.17) is 0 Å². The number of esters is 1. The van der Waals surface area contributed by atoms with Crippen molar-refractivity contribution >= 4 is 17.6 Å². The average molecular weight is 268 g/mol. The maximum atomic E-state index is 13.1. The molecule has 1 aromatic carbocycles. The monoisotopic (exact) mass is 268 g/mol. The molecule has 0 saturated heterocycles. The number of methoxy groups -OCH3 is 1. The third-order valence-electron chi connectivity index (χ3n) is 2.51. The van der Waals surface area contributed by atoms with Gasteiger partial charge in [0.25, 0.3) is 0 Å². The van der Waals surface area contributed by atoms with Crippen LogP contribution in [0.2, 0.25) is 0 Å². The summed E-state index contributed by atoms with van der Waals surface area (Å²) in [5.41, 5.74) is 1.20. The summed E-state index contributed by atoms with van der Waals surface area (Å²) in [6.07, 6.45) is 0. The highest BCUT2D eigenvalue weighted by atomic mass is 19.1. The number of carbonyl (C=O) groups excluding carboxylic acids is 2. The van der Waals surface area contributed by atoms with E-state index in [0.29, 0.717) is 5.69 Å². The third-order valence-corrected chi connectivity index (χ3v) is 2.51. The van der Waals surface area contributed by atoms with Crippen LogP contribution in [0.1, 0.15) is 5.56 Å². The number of ether oxygens (including phenoxy) is 1. The number of carbonyl (C=O) groups is 2. The summed E-state index contributed by atoms with van der Waals surface area (Å²) >= 11 is 0. The van der Waals surface area contributed by atoms with Gasteiger partial charge in [-0.15, -0.1) is 0 Å². The first-order valence-electron chi connectivity index (χ1n) is 5.73. The topological polar surface area (TPSA) is 58.6 Å². The lowest BCUT2D eigenvalue weighted by molar-refractivity contribution is -0.141. The van der Waals surface area contributed by atoms with Crippen LogP contribution < -0.4 is 5.32 Å². The van der Waals surface area contributed by atoms with Crippen molar-refractivity contribution in [2.24, 2.45) is 0 Å². The van der Waals surface area contributed by atoms with Crippen LogP contribution in [-0.2, 0) is 14.3 Å². The first kappa shape index (κ1) is 15.1. The van der Waals surface area contributed by atoms with Crippen molar-refractivity contribution in [1.82, 2.24) is 4.90 Å². The van der Waals surface area contributed by atoms with Gasteiger partial charge >= 0.3 is 5.97 Å². The van der Waals surface area contributed by atoms with Crippen LogP contribution >= 0.6 is 0 Å². The van der Waals surface area contributed by atoms with E-state index < -0.39 is 11.8 Å². The highest BCUT2D eigenvalue weighted by Gasteiger charge is 2.12. The summed E-state index contributed by atoms with van der Waals surface area (Å²) in [7, 11) is 2.90. The van der Waals surface area contributed by atoms with Crippen molar-refractivity contribution in [3.63, 3.8) is 0 Å². The molecule has 0 aromatic heterocycles. The van der Waals surface area contributed by atoms with Gasteiger partial charge in [-0.2, -0.15) is 0 Å². The van der Waals surface area contributed by atoms with Gasteiger partial charge in [-0.1, -0.05) is 6.07 Å². The van der Waals surface area contributed by atoms with E-state index in [1.807, 2.05) is 0 Å². The smallest absolute Gasteiger partial charge is 0.319 e. The molecule has 0 saturated carbocycles. The minimum Gasteiger partial charge on any atom is -0.468 e. The Labute approximate surface area is 111 Å². The number of halogens is 1. The lowest BCUT2D eigenvalue weighted by atomic mass is 10.2. The average Bonchev–Trinajstić information content (AvgIpc) is 2.33. The van der Waals surface area contributed by atoms with Crippen LogP contribution in [0.3, 0.4) is 0 Å². The standard InChI is InChI=1S/C13H17FN2O3/c1-9-4-5-10(14)6-11(9)15-12(17)7-16(2)8-13(18)19-3/h4-6H,7-8H2,1-3H3,(H,15,17). The van der Waals surface area contributed by atoms with Crippen molar-refractivity contribution < 1.29 is 18.7 Å². The van der Waals surface area contributed by atoms with Gasteiger partial charge in [-0.05, 0) is 31.7 Å². The number of likely N-dealkylation sites (N-methyl/N-ethyl adjacent to an activating group) is 1. The number of nitrogens with zero attached hydrogens (tertiary/aromatic N) is 1. The van der Waals surface area contributed by atoms with E-state index in [2.05, 4.69) is 10.1 Å². The second-order valence-electron chi connectivity index (χ2n) is 4.26. The van der Waals surface area contributed by atoms with Gasteiger partial charge in [0.1, 0.15) is 5.82 Å². The Kier molecular flexibility index (Phi) is 5.44. The van der Waals surface area contributed by atoms with Crippen LogP contribution in [0.25, 0.3) is 0 Å². The fraction of sp³-hybridized carbons (Fsp3) is 0.385. The molecule has 19 heavy (non-hydrogen) atoms. The Morgan fingerprint density at radius 1 is 1.37 bits per heavy atom. The minimum atomic E-state index is -0.419. The largest absolute Gasteiger partial charge is 0.468 e. The van der Waals surface area contributed by atoms with Gasteiger partial charge in [-0.3, -0.25) is 14.5 Å². The Bertz CT molecular complexity index is 477. The maximum absolute atomic E-state index is 13.1. The summed E-state index contributed by atoms with van der Waals surface area (Å²) in [5, 5.41) is 2.60. The number of benzene rings is 1. The second kappa shape index (κ2) is 6.84. The quantitative estimate of drug-likeness (QED) is 0.815. The molecule has 1 N–H and O–H groups in total. The predicted molar refractivity (Wildman–Crippen MR) is 69.3 cm³/mol. The molecule has 104 valence electrons. The summed E-state index contributed by atoms with van der Waals surface area (Å²) in [6, 6.07) is 4.17. The molecule has 1 amide bonds. The molecule has 6 heteroatoms. The normalized spacial score (nSPS) is 10.4. The van der Waals surface area contributed by atoms with E-state index in [0.717, 1.165) is 5.56 Å². The van der Waals surface area contributed by atoms with Gasteiger partial charge in [0.05, 0.1) is 20.2 Å². The summed E-state index contributed by atoms with van der Waals surface area (Å²) < 4.78 is 17.5. The number of amides is 1. The molecule has 5 nitrogen and oxygen atoms in total. The molecule has 0 aliphatic heterocycles. The fourth-order valence-corrected chi connectivity index (χ4v) is 1.50. The molecular weight excluding hydrogens is 251 g/mol. The van der Waals surface area contributed by atoms with Crippen LogP contribution in [0.5, 0.6) is 0 Å². The van der Waals surface area contributed by atoms with E-state index in [9.17, 15) is 14.0 Å². The molecule has 0 radical (unpaired) electrons. The predicted octanol–water partition coefficient (Wildman–Crippen LogP) is 1.18. The number of anilines is 1. The Morgan fingerprint density at radius 3 is 2.68 bits per heavy atom. The van der Waals surface area contributed by atoms with E-state index >= 15 is 0 Å². The van der Waals surface area contributed by atoms with Crippen molar-refractivity contribution in [3.05, 3.63) is 29.6 Å². The van der Waals surface area contributed by atoms with Crippen LogP contribution in [0.15, 0.2) is 18.2 Å². The molecular formula is C13H17FN2O3. The van der Waals surface area contributed by atoms with Gasteiger partial charge in [0.2, 0.25) is 5.91 Å². The lowest BCUT2D eigenvalue weighted by Gasteiger charge is -2.15. The highest BCUT2D eigenvalue weighted by Crippen LogP contribution is 2.15. The van der Waals surface area contributed by atoms with E-state index in [-0.39, 0.29) is 19.0 Å². The summed E-state index contributed by atoms with van der Waals surface area (Å²) in [5.74, 6) is -1.15. The molecule has 0 aliphatic rings. The number of nitrogens with one attached hydrogen (secondary N) is 1. The molecule has 0 aliphatic carbocycles. The first-order valence-corrected chi connectivity index (χ1v) is 5.73. The number of rotatable bonds is 5. The van der Waals surface area contributed by atoms with Crippen molar-refractivity contribution in [1.29, 1.82) is 0 Å². The van der Waals surface area contributed by atoms with Gasteiger partial charge in [-0.25, -0.2) is 4.39 Å². The van der Waals surface area contributed by atoms with Crippen LogP contribution in [-0.4, -0.2) is 44.0 Å².